The van der Waals surface area contributed by atoms with Crippen LogP contribution in [0.1, 0.15) is 41.0 Å². The smallest absolute Gasteiger partial charge is 0.0221 e. The van der Waals surface area contributed by atoms with Crippen LogP contribution in [-0.4, -0.2) is 12.1 Å². The molecule has 0 aliphatic rings. The van der Waals surface area contributed by atoms with Crippen LogP contribution >= 0.6 is 0 Å². The topological polar surface area (TPSA) is 12.0 Å². The van der Waals surface area contributed by atoms with E-state index in [-0.39, 0.29) is 0 Å². The summed E-state index contributed by atoms with van der Waals surface area (Å²) in [5.41, 5.74) is 1.39. The number of allylic oxidation sites excluding steroid dienone is 1. The molecule has 0 aliphatic heterocycles. The maximum absolute atomic E-state index is 3.79. The third-order valence-corrected chi connectivity index (χ3v) is 2.42. The molecule has 0 radical (unpaired) electrons. The van der Waals surface area contributed by atoms with Crippen molar-refractivity contribution in [3.63, 3.8) is 0 Å². The van der Waals surface area contributed by atoms with Crippen LogP contribution in [0, 0.1) is 5.92 Å². The van der Waals surface area contributed by atoms with Gasteiger partial charge in [0.05, 0.1) is 0 Å². The van der Waals surface area contributed by atoms with Crippen molar-refractivity contribution in [2.45, 2.75) is 53.1 Å². The molecule has 2 unspecified atom stereocenters. The fourth-order valence-corrected chi connectivity index (χ4v) is 1.30. The highest BCUT2D eigenvalue weighted by atomic mass is 14.9. The van der Waals surface area contributed by atoms with Gasteiger partial charge in [-0.15, -0.1) is 6.58 Å². The van der Waals surface area contributed by atoms with Gasteiger partial charge in [-0.25, -0.2) is 0 Å². The van der Waals surface area contributed by atoms with Crippen molar-refractivity contribution in [1.82, 2.24) is 5.32 Å². The summed E-state index contributed by atoms with van der Waals surface area (Å²) < 4.78 is 0. The fourth-order valence-electron chi connectivity index (χ4n) is 1.30. The molecule has 1 N–H and O–H groups in total. The number of rotatable bonds is 6. The summed E-state index contributed by atoms with van der Waals surface area (Å²) in [4.78, 5) is 0. The van der Waals surface area contributed by atoms with Gasteiger partial charge in [-0.2, -0.15) is 0 Å². The molecule has 0 rings (SSSR count). The van der Waals surface area contributed by atoms with Crippen molar-refractivity contribution >= 4 is 0 Å². The van der Waals surface area contributed by atoms with E-state index in [9.17, 15) is 0 Å². The van der Waals surface area contributed by atoms with Gasteiger partial charge in [-0.1, -0.05) is 31.6 Å². The lowest BCUT2D eigenvalue weighted by Gasteiger charge is -2.24. The van der Waals surface area contributed by atoms with Crippen LogP contribution in [0.2, 0.25) is 0 Å². The Balaban J connectivity index is 4.16. The minimum Gasteiger partial charge on any atom is -0.307 e. The second-order valence-corrected chi connectivity index (χ2v) is 4.56. The Hall–Kier alpha value is -0.560. The first-order valence-corrected chi connectivity index (χ1v) is 5.49. The molecule has 1 heteroatoms. The Kier molecular flexibility index (Phi) is 6.56. The highest BCUT2D eigenvalue weighted by Crippen LogP contribution is 2.09. The molecule has 0 bridgehead atoms. The number of nitrogens with one attached hydrogen (secondary N) is 1. The normalized spacial score (nSPS) is 15.0. The van der Waals surface area contributed by atoms with Crippen LogP contribution in [0.5, 0.6) is 0 Å². The van der Waals surface area contributed by atoms with Gasteiger partial charge in [-0.3, -0.25) is 0 Å². The quantitative estimate of drug-likeness (QED) is 0.639. The van der Waals surface area contributed by atoms with Crippen molar-refractivity contribution < 1.29 is 0 Å². The lowest BCUT2D eigenvalue weighted by atomic mass is 9.99. The minimum absolute atomic E-state index is 0.396. The van der Waals surface area contributed by atoms with Crippen molar-refractivity contribution in [2.24, 2.45) is 5.92 Å². The second-order valence-electron chi connectivity index (χ2n) is 4.56. The molecule has 0 fully saturated rings. The molecule has 82 valence electrons. The van der Waals surface area contributed by atoms with Crippen molar-refractivity contribution in [3.8, 4) is 0 Å². The second kappa shape index (κ2) is 6.83. The van der Waals surface area contributed by atoms with Crippen molar-refractivity contribution in [1.29, 1.82) is 0 Å². The number of hydrogen-bond acceptors (Lipinski definition) is 1. The maximum Gasteiger partial charge on any atom is 0.0221 e. The minimum atomic E-state index is 0.396. The molecule has 0 heterocycles. The molecule has 0 spiro atoms. The van der Waals surface area contributed by atoms with Gasteiger partial charge in [0.25, 0.3) is 0 Å². The molecular formula is C13H25N. The van der Waals surface area contributed by atoms with E-state index in [1.807, 2.05) is 6.08 Å². The van der Waals surface area contributed by atoms with Crippen molar-refractivity contribution in [3.05, 3.63) is 24.3 Å². The molecule has 0 saturated carbocycles. The Morgan fingerprint density at radius 2 is 1.86 bits per heavy atom. The Morgan fingerprint density at radius 1 is 1.29 bits per heavy atom. The SMILES string of the molecule is C=CC(C)NC(CC=C(C)C)C(C)C. The van der Waals surface area contributed by atoms with E-state index in [1.165, 1.54) is 5.57 Å². The van der Waals surface area contributed by atoms with Crippen LogP contribution in [0.15, 0.2) is 24.3 Å². The first-order chi connectivity index (χ1) is 6.47. The first-order valence-electron chi connectivity index (χ1n) is 5.49. The van der Waals surface area contributed by atoms with E-state index in [1.54, 1.807) is 0 Å². The van der Waals surface area contributed by atoms with Crippen LogP contribution in [0.25, 0.3) is 0 Å². The molecule has 0 amide bonds. The van der Waals surface area contributed by atoms with Gasteiger partial charge < -0.3 is 5.32 Å². The van der Waals surface area contributed by atoms with E-state index in [4.69, 9.17) is 0 Å². The van der Waals surface area contributed by atoms with Gasteiger partial charge in [0.2, 0.25) is 0 Å². The molecule has 0 aromatic carbocycles. The average Bonchev–Trinajstić information content (AvgIpc) is 2.10. The predicted octanol–water partition coefficient (Wildman–Crippen LogP) is 3.53. The van der Waals surface area contributed by atoms with Crippen LogP contribution in [0.3, 0.4) is 0 Å². The first kappa shape index (κ1) is 13.4. The zero-order valence-electron chi connectivity index (χ0n) is 10.3. The molecule has 1 nitrogen and oxygen atoms in total. The van der Waals surface area contributed by atoms with Gasteiger partial charge in [0.1, 0.15) is 0 Å². The highest BCUT2D eigenvalue weighted by molar-refractivity contribution is 4.97. The fraction of sp³-hybridized carbons (Fsp3) is 0.692. The summed E-state index contributed by atoms with van der Waals surface area (Å²) in [7, 11) is 0. The lowest BCUT2D eigenvalue weighted by Crippen LogP contribution is -2.38. The Labute approximate surface area is 89.3 Å². The zero-order valence-corrected chi connectivity index (χ0v) is 10.3. The lowest BCUT2D eigenvalue weighted by molar-refractivity contribution is 0.385. The molecule has 0 aromatic rings. The summed E-state index contributed by atoms with van der Waals surface area (Å²) in [6.07, 6.45) is 5.36. The average molecular weight is 195 g/mol. The molecule has 2 atom stereocenters. The summed E-state index contributed by atoms with van der Waals surface area (Å²) in [5.74, 6) is 0.660. The summed E-state index contributed by atoms with van der Waals surface area (Å²) in [5, 5.41) is 3.56. The molecule has 0 saturated heterocycles. The zero-order chi connectivity index (χ0) is 11.1. The van der Waals surface area contributed by atoms with Crippen LogP contribution in [0.4, 0.5) is 0 Å². The van der Waals surface area contributed by atoms with Gasteiger partial charge in [0, 0.05) is 12.1 Å². The molecule has 0 aromatic heterocycles. The van der Waals surface area contributed by atoms with E-state index in [0.29, 0.717) is 18.0 Å². The predicted molar refractivity (Wildman–Crippen MR) is 65.5 cm³/mol. The molecular weight excluding hydrogens is 170 g/mol. The maximum atomic E-state index is 3.79. The van der Waals surface area contributed by atoms with E-state index in [2.05, 4.69) is 52.6 Å². The van der Waals surface area contributed by atoms with E-state index >= 15 is 0 Å². The van der Waals surface area contributed by atoms with Crippen LogP contribution in [-0.2, 0) is 0 Å². The third-order valence-electron chi connectivity index (χ3n) is 2.42. The summed E-state index contributed by atoms with van der Waals surface area (Å²) in [6.45, 7) is 14.7. The monoisotopic (exact) mass is 195 g/mol. The molecule has 0 aliphatic carbocycles. The van der Waals surface area contributed by atoms with Gasteiger partial charge >= 0.3 is 0 Å². The van der Waals surface area contributed by atoms with E-state index in [0.717, 1.165) is 6.42 Å². The van der Waals surface area contributed by atoms with Gasteiger partial charge in [0.15, 0.2) is 0 Å². The highest BCUT2D eigenvalue weighted by Gasteiger charge is 2.12. The van der Waals surface area contributed by atoms with Crippen LogP contribution < -0.4 is 5.32 Å². The van der Waals surface area contributed by atoms with E-state index < -0.39 is 0 Å². The Morgan fingerprint density at radius 3 is 2.21 bits per heavy atom. The Bertz CT molecular complexity index is 187. The largest absolute Gasteiger partial charge is 0.307 e. The third kappa shape index (κ3) is 5.98. The molecule has 14 heavy (non-hydrogen) atoms. The van der Waals surface area contributed by atoms with Crippen molar-refractivity contribution in [2.75, 3.05) is 0 Å². The standard InChI is InChI=1S/C13H25N/c1-7-12(6)14-13(11(4)5)9-8-10(2)3/h7-8,11-14H,1,9H2,2-6H3. The summed E-state index contributed by atoms with van der Waals surface area (Å²) >= 11 is 0. The summed E-state index contributed by atoms with van der Waals surface area (Å²) in [6, 6.07) is 0.950. The number of hydrogen-bond donors (Lipinski definition) is 1. The van der Waals surface area contributed by atoms with Gasteiger partial charge in [-0.05, 0) is 33.1 Å².